The average Bonchev–Trinajstić information content (AvgIpc) is 2.32. The summed E-state index contributed by atoms with van der Waals surface area (Å²) in [6, 6.07) is 8.47. The molecular weight excluding hydrogens is 296 g/mol. The van der Waals surface area contributed by atoms with Crippen LogP contribution in [-0.2, 0) is 0 Å². The van der Waals surface area contributed by atoms with E-state index in [0.29, 0.717) is 11.4 Å². The first kappa shape index (κ1) is 12.6. The summed E-state index contributed by atoms with van der Waals surface area (Å²) in [5.74, 6) is 0.0297. The Morgan fingerprint density at radius 1 is 1.39 bits per heavy atom. The molecule has 0 saturated heterocycles. The number of hydrogen-bond donors (Lipinski definition) is 2. The molecule has 2 aromatic rings. The summed E-state index contributed by atoms with van der Waals surface area (Å²) in [6.45, 7) is 1.74. The molecule has 0 unspecified atom stereocenters. The fourth-order valence-electron chi connectivity index (χ4n) is 1.50. The number of carbonyl (C=O) groups excluding carboxylic acids is 1. The first-order valence-electron chi connectivity index (χ1n) is 5.29. The van der Waals surface area contributed by atoms with Crippen LogP contribution in [0.25, 0.3) is 0 Å². The van der Waals surface area contributed by atoms with Crippen molar-refractivity contribution in [1.82, 2.24) is 4.98 Å². The van der Waals surface area contributed by atoms with E-state index in [1.54, 1.807) is 43.5 Å². The molecule has 18 heavy (non-hydrogen) atoms. The van der Waals surface area contributed by atoms with E-state index in [9.17, 15) is 9.90 Å². The van der Waals surface area contributed by atoms with Gasteiger partial charge in [-0.15, -0.1) is 0 Å². The van der Waals surface area contributed by atoms with Gasteiger partial charge in [0.25, 0.3) is 5.91 Å². The smallest absolute Gasteiger partial charge is 0.260 e. The molecule has 0 radical (unpaired) electrons. The number of halogens is 1. The molecule has 0 fully saturated rings. The summed E-state index contributed by atoms with van der Waals surface area (Å²) in [5.41, 5.74) is 0.890. The molecule has 1 heterocycles. The minimum absolute atomic E-state index is 0.00926. The van der Waals surface area contributed by atoms with Crippen LogP contribution in [0.3, 0.4) is 0 Å². The normalized spacial score (nSPS) is 10.1. The van der Waals surface area contributed by atoms with E-state index < -0.39 is 0 Å². The van der Waals surface area contributed by atoms with E-state index >= 15 is 0 Å². The van der Waals surface area contributed by atoms with E-state index in [1.807, 2.05) is 0 Å². The lowest BCUT2D eigenvalue weighted by molar-refractivity contribution is 0.102. The number of rotatable bonds is 2. The maximum Gasteiger partial charge on any atom is 0.260 e. The molecule has 4 nitrogen and oxygen atoms in total. The van der Waals surface area contributed by atoms with Gasteiger partial charge in [-0.2, -0.15) is 0 Å². The summed E-state index contributed by atoms with van der Waals surface area (Å²) in [7, 11) is 0. The monoisotopic (exact) mass is 306 g/mol. The van der Waals surface area contributed by atoms with Crippen molar-refractivity contribution < 1.29 is 9.90 Å². The standard InChI is InChI=1S/C13H11BrN2O2/c1-8-3-2-4-10(12(8)17)13(18)16-11-7-9(14)5-6-15-11/h2-7,17H,1H3,(H,15,16,18). The number of nitrogens with one attached hydrogen (secondary N) is 1. The van der Waals surface area contributed by atoms with Gasteiger partial charge in [0.15, 0.2) is 0 Å². The van der Waals surface area contributed by atoms with Gasteiger partial charge in [-0.25, -0.2) is 4.98 Å². The number of aromatic hydroxyl groups is 1. The van der Waals surface area contributed by atoms with Crippen LogP contribution in [0.2, 0.25) is 0 Å². The molecule has 0 spiro atoms. The Morgan fingerprint density at radius 2 is 2.17 bits per heavy atom. The van der Waals surface area contributed by atoms with Crippen LogP contribution in [-0.4, -0.2) is 16.0 Å². The second-order valence-corrected chi connectivity index (χ2v) is 4.70. The van der Waals surface area contributed by atoms with E-state index in [1.165, 1.54) is 0 Å². The van der Waals surface area contributed by atoms with Crippen LogP contribution in [0.4, 0.5) is 5.82 Å². The van der Waals surface area contributed by atoms with Crippen LogP contribution >= 0.6 is 15.9 Å². The number of hydrogen-bond acceptors (Lipinski definition) is 3. The zero-order valence-electron chi connectivity index (χ0n) is 9.64. The van der Waals surface area contributed by atoms with Crippen LogP contribution in [0, 0.1) is 6.92 Å². The number of phenols is 1. The number of carbonyl (C=O) groups is 1. The predicted molar refractivity (Wildman–Crippen MR) is 72.7 cm³/mol. The Kier molecular flexibility index (Phi) is 3.62. The summed E-state index contributed by atoms with van der Waals surface area (Å²) in [5, 5.41) is 12.4. The molecule has 1 aromatic carbocycles. The van der Waals surface area contributed by atoms with Crippen molar-refractivity contribution in [2.24, 2.45) is 0 Å². The molecule has 1 aromatic heterocycles. The number of pyridine rings is 1. The van der Waals surface area contributed by atoms with Crippen LogP contribution in [0.15, 0.2) is 41.0 Å². The summed E-state index contributed by atoms with van der Waals surface area (Å²) in [4.78, 5) is 16.0. The number of aryl methyl sites for hydroxylation is 1. The quantitative estimate of drug-likeness (QED) is 0.896. The number of benzene rings is 1. The highest BCUT2D eigenvalue weighted by Crippen LogP contribution is 2.22. The lowest BCUT2D eigenvalue weighted by Crippen LogP contribution is -2.13. The number of amides is 1. The highest BCUT2D eigenvalue weighted by molar-refractivity contribution is 9.10. The average molecular weight is 307 g/mol. The molecule has 5 heteroatoms. The largest absolute Gasteiger partial charge is 0.507 e. The van der Waals surface area contributed by atoms with Crippen LogP contribution in [0.1, 0.15) is 15.9 Å². The Hall–Kier alpha value is -1.88. The number of anilines is 1. The molecule has 92 valence electrons. The van der Waals surface area contributed by atoms with Crippen molar-refractivity contribution in [3.8, 4) is 5.75 Å². The van der Waals surface area contributed by atoms with Gasteiger partial charge in [-0.1, -0.05) is 28.1 Å². The van der Waals surface area contributed by atoms with Crippen LogP contribution in [0.5, 0.6) is 5.75 Å². The van der Waals surface area contributed by atoms with Gasteiger partial charge in [0.05, 0.1) is 5.56 Å². The first-order valence-corrected chi connectivity index (χ1v) is 6.08. The summed E-state index contributed by atoms with van der Waals surface area (Å²) >= 11 is 3.29. The Morgan fingerprint density at radius 3 is 2.89 bits per heavy atom. The number of para-hydroxylation sites is 1. The lowest BCUT2D eigenvalue weighted by Gasteiger charge is -2.07. The second-order valence-electron chi connectivity index (χ2n) is 3.78. The van der Waals surface area contributed by atoms with Gasteiger partial charge in [0, 0.05) is 10.7 Å². The minimum Gasteiger partial charge on any atom is -0.507 e. The highest BCUT2D eigenvalue weighted by atomic mass is 79.9. The molecule has 0 atom stereocenters. The SMILES string of the molecule is Cc1cccc(C(=O)Nc2cc(Br)ccn2)c1O. The van der Waals surface area contributed by atoms with Crippen molar-refractivity contribution in [1.29, 1.82) is 0 Å². The van der Waals surface area contributed by atoms with Crippen molar-refractivity contribution in [3.63, 3.8) is 0 Å². The third kappa shape index (κ3) is 2.68. The van der Waals surface area contributed by atoms with Crippen LogP contribution < -0.4 is 5.32 Å². The molecule has 1 amide bonds. The summed E-state index contributed by atoms with van der Waals surface area (Å²) in [6.07, 6.45) is 1.58. The lowest BCUT2D eigenvalue weighted by atomic mass is 10.1. The molecule has 0 aliphatic rings. The molecule has 0 aliphatic carbocycles. The number of aromatic nitrogens is 1. The zero-order valence-corrected chi connectivity index (χ0v) is 11.2. The van der Waals surface area contributed by atoms with Crippen molar-refractivity contribution in [2.45, 2.75) is 6.92 Å². The fourth-order valence-corrected chi connectivity index (χ4v) is 1.83. The molecular formula is C13H11BrN2O2. The van der Waals surface area contributed by atoms with Gasteiger partial charge in [-0.3, -0.25) is 4.79 Å². The summed E-state index contributed by atoms with van der Waals surface area (Å²) < 4.78 is 0.821. The highest BCUT2D eigenvalue weighted by Gasteiger charge is 2.12. The fraction of sp³-hybridized carbons (Fsp3) is 0.0769. The zero-order chi connectivity index (χ0) is 13.1. The van der Waals surface area contributed by atoms with Gasteiger partial charge in [0.1, 0.15) is 11.6 Å². The third-order valence-electron chi connectivity index (χ3n) is 2.45. The second kappa shape index (κ2) is 5.18. The van der Waals surface area contributed by atoms with E-state index in [0.717, 1.165) is 4.47 Å². The Balaban J connectivity index is 2.25. The van der Waals surface area contributed by atoms with Gasteiger partial charge >= 0.3 is 0 Å². The topological polar surface area (TPSA) is 62.2 Å². The Labute approximate surface area is 113 Å². The number of nitrogens with zero attached hydrogens (tertiary/aromatic N) is 1. The van der Waals surface area contributed by atoms with Gasteiger partial charge in [-0.05, 0) is 30.7 Å². The molecule has 2 rings (SSSR count). The minimum atomic E-state index is -0.387. The maximum absolute atomic E-state index is 12.0. The first-order chi connectivity index (χ1) is 8.58. The van der Waals surface area contributed by atoms with E-state index in [2.05, 4.69) is 26.2 Å². The van der Waals surface area contributed by atoms with Crippen molar-refractivity contribution in [2.75, 3.05) is 5.32 Å². The van der Waals surface area contributed by atoms with Crippen molar-refractivity contribution >= 4 is 27.7 Å². The molecule has 0 aliphatic heterocycles. The van der Waals surface area contributed by atoms with E-state index in [-0.39, 0.29) is 17.2 Å². The molecule has 0 bridgehead atoms. The molecule has 0 saturated carbocycles. The van der Waals surface area contributed by atoms with Gasteiger partial charge in [0.2, 0.25) is 0 Å². The van der Waals surface area contributed by atoms with Crippen molar-refractivity contribution in [3.05, 3.63) is 52.1 Å². The number of phenolic OH excluding ortho intramolecular Hbond substituents is 1. The van der Waals surface area contributed by atoms with E-state index in [4.69, 9.17) is 0 Å². The third-order valence-corrected chi connectivity index (χ3v) is 2.94. The predicted octanol–water partition coefficient (Wildman–Crippen LogP) is 3.11. The maximum atomic E-state index is 12.0. The molecule has 2 N–H and O–H groups in total. The van der Waals surface area contributed by atoms with Gasteiger partial charge < -0.3 is 10.4 Å². The Bertz CT molecular complexity index is 599.